The molecule has 1 aromatic carbocycles. The van der Waals surface area contributed by atoms with Gasteiger partial charge in [-0.15, -0.1) is 21.5 Å². The Hall–Kier alpha value is -1.83. The molecule has 148 valence electrons. The van der Waals surface area contributed by atoms with Gasteiger partial charge in [0.05, 0.1) is 5.75 Å². The van der Waals surface area contributed by atoms with Crippen molar-refractivity contribution in [3.05, 3.63) is 45.1 Å². The van der Waals surface area contributed by atoms with Gasteiger partial charge in [-0.3, -0.25) is 9.36 Å². The van der Waals surface area contributed by atoms with E-state index in [2.05, 4.69) is 53.2 Å². The fourth-order valence-corrected chi connectivity index (χ4v) is 4.92. The molecule has 0 aliphatic carbocycles. The highest BCUT2D eigenvalue weighted by molar-refractivity contribution is 7.99. The first-order valence-electron chi connectivity index (χ1n) is 9.11. The van der Waals surface area contributed by atoms with Gasteiger partial charge in [0.1, 0.15) is 0 Å². The van der Waals surface area contributed by atoms with Crippen molar-refractivity contribution >= 4 is 46.3 Å². The van der Waals surface area contributed by atoms with Gasteiger partial charge in [0.25, 0.3) is 0 Å². The summed E-state index contributed by atoms with van der Waals surface area (Å²) in [6.07, 6.45) is 0.960. The number of benzene rings is 1. The predicted molar refractivity (Wildman–Crippen MR) is 119 cm³/mol. The molecule has 5 nitrogen and oxygen atoms in total. The number of hydrogen-bond donors (Lipinski definition) is 1. The number of halogens is 1. The van der Waals surface area contributed by atoms with E-state index in [4.69, 9.17) is 11.6 Å². The van der Waals surface area contributed by atoms with Gasteiger partial charge in [-0.1, -0.05) is 30.3 Å². The van der Waals surface area contributed by atoms with E-state index in [1.165, 1.54) is 22.2 Å². The van der Waals surface area contributed by atoms with E-state index in [1.54, 1.807) is 35.6 Å². The zero-order chi connectivity index (χ0) is 20.3. The zero-order valence-electron chi connectivity index (χ0n) is 16.3. The van der Waals surface area contributed by atoms with Gasteiger partial charge in [0.15, 0.2) is 11.0 Å². The standard InChI is InChI=1S/C20H23ClN4OS2/c1-5-16-13(4)27-10-17(16)19-23-24-20(25(19)12(2)3)28-11-18(26)22-15-8-6-14(21)7-9-15/h6-10,12H,5,11H2,1-4H3,(H,22,26). The fourth-order valence-electron chi connectivity index (χ4n) is 2.99. The van der Waals surface area contributed by atoms with Crippen LogP contribution in [0.5, 0.6) is 0 Å². The minimum absolute atomic E-state index is 0.0900. The summed E-state index contributed by atoms with van der Waals surface area (Å²) in [6, 6.07) is 7.26. The van der Waals surface area contributed by atoms with Crippen molar-refractivity contribution in [1.82, 2.24) is 14.8 Å². The molecule has 0 radical (unpaired) electrons. The molecule has 1 amide bonds. The lowest BCUT2D eigenvalue weighted by Crippen LogP contribution is -2.15. The van der Waals surface area contributed by atoms with Crippen LogP contribution in [0.2, 0.25) is 5.02 Å². The largest absolute Gasteiger partial charge is 0.325 e. The molecule has 8 heteroatoms. The number of carbonyl (C=O) groups is 1. The zero-order valence-corrected chi connectivity index (χ0v) is 18.7. The lowest BCUT2D eigenvalue weighted by molar-refractivity contribution is -0.113. The monoisotopic (exact) mass is 434 g/mol. The van der Waals surface area contributed by atoms with Crippen molar-refractivity contribution in [2.24, 2.45) is 0 Å². The molecule has 0 saturated heterocycles. The van der Waals surface area contributed by atoms with Crippen LogP contribution in [0.3, 0.4) is 0 Å². The van der Waals surface area contributed by atoms with E-state index in [0.717, 1.165) is 28.7 Å². The summed E-state index contributed by atoms with van der Waals surface area (Å²) >= 11 is 9.01. The molecule has 2 aromatic heterocycles. The van der Waals surface area contributed by atoms with Crippen LogP contribution in [0.4, 0.5) is 5.69 Å². The Morgan fingerprint density at radius 2 is 2.00 bits per heavy atom. The van der Waals surface area contributed by atoms with Gasteiger partial charge in [0.2, 0.25) is 5.91 Å². The molecular formula is C20H23ClN4OS2. The predicted octanol–water partition coefficient (Wildman–Crippen LogP) is 5.84. The number of aryl methyl sites for hydroxylation is 1. The van der Waals surface area contributed by atoms with Gasteiger partial charge in [0, 0.05) is 32.6 Å². The van der Waals surface area contributed by atoms with Crippen LogP contribution in [0.15, 0.2) is 34.8 Å². The molecule has 0 aliphatic rings. The number of nitrogens with zero attached hydrogens (tertiary/aromatic N) is 3. The molecule has 0 atom stereocenters. The molecule has 3 aromatic rings. The number of anilines is 1. The average molecular weight is 435 g/mol. The SMILES string of the molecule is CCc1c(-c2nnc(SCC(=O)Nc3ccc(Cl)cc3)n2C(C)C)csc1C. The summed E-state index contributed by atoms with van der Waals surface area (Å²) in [7, 11) is 0. The van der Waals surface area contributed by atoms with Crippen LogP contribution in [-0.2, 0) is 11.2 Å². The van der Waals surface area contributed by atoms with E-state index in [0.29, 0.717) is 5.02 Å². The quantitative estimate of drug-likeness (QED) is 0.474. The van der Waals surface area contributed by atoms with E-state index >= 15 is 0 Å². The second-order valence-corrected chi connectivity index (χ2v) is 9.11. The van der Waals surface area contributed by atoms with Gasteiger partial charge < -0.3 is 5.32 Å². The normalized spacial score (nSPS) is 11.2. The summed E-state index contributed by atoms with van der Waals surface area (Å²) < 4.78 is 2.11. The van der Waals surface area contributed by atoms with Crippen LogP contribution in [0.1, 0.15) is 37.3 Å². The van der Waals surface area contributed by atoms with Crippen LogP contribution in [0, 0.1) is 6.92 Å². The van der Waals surface area contributed by atoms with Crippen LogP contribution < -0.4 is 5.32 Å². The van der Waals surface area contributed by atoms with Crippen LogP contribution in [0.25, 0.3) is 11.4 Å². The van der Waals surface area contributed by atoms with E-state index < -0.39 is 0 Å². The topological polar surface area (TPSA) is 59.8 Å². The van der Waals surface area contributed by atoms with Crippen LogP contribution >= 0.6 is 34.7 Å². The highest BCUT2D eigenvalue weighted by Gasteiger charge is 2.21. The molecule has 0 fully saturated rings. The first kappa shape index (κ1) is 20.9. The maximum absolute atomic E-state index is 12.3. The fraction of sp³-hybridized carbons (Fsp3) is 0.350. The van der Waals surface area contributed by atoms with Crippen molar-refractivity contribution in [3.8, 4) is 11.4 Å². The molecule has 0 aliphatic heterocycles. The highest BCUT2D eigenvalue weighted by Crippen LogP contribution is 2.34. The minimum atomic E-state index is -0.0900. The molecule has 0 bridgehead atoms. The summed E-state index contributed by atoms with van der Waals surface area (Å²) in [5.74, 6) is 1.04. The van der Waals surface area contributed by atoms with Crippen molar-refractivity contribution in [1.29, 1.82) is 0 Å². The number of carbonyl (C=O) groups excluding carboxylic acids is 1. The van der Waals surface area contributed by atoms with Crippen LogP contribution in [-0.4, -0.2) is 26.4 Å². The molecule has 28 heavy (non-hydrogen) atoms. The maximum Gasteiger partial charge on any atom is 0.234 e. The lowest BCUT2D eigenvalue weighted by atomic mass is 10.1. The number of thiophene rings is 1. The third kappa shape index (κ3) is 4.59. The van der Waals surface area contributed by atoms with Crippen molar-refractivity contribution in [3.63, 3.8) is 0 Å². The summed E-state index contributed by atoms with van der Waals surface area (Å²) in [4.78, 5) is 13.6. The summed E-state index contributed by atoms with van der Waals surface area (Å²) in [5, 5.41) is 15.2. The van der Waals surface area contributed by atoms with Gasteiger partial charge in [-0.05, 0) is 57.0 Å². The highest BCUT2D eigenvalue weighted by atomic mass is 35.5. The van der Waals surface area contributed by atoms with E-state index in [-0.39, 0.29) is 17.7 Å². The number of amides is 1. The van der Waals surface area contributed by atoms with Gasteiger partial charge >= 0.3 is 0 Å². The van der Waals surface area contributed by atoms with Gasteiger partial charge in [-0.25, -0.2) is 0 Å². The Kier molecular flexibility index (Phi) is 6.80. The maximum atomic E-state index is 12.3. The van der Waals surface area contributed by atoms with E-state index in [9.17, 15) is 4.79 Å². The second-order valence-electron chi connectivity index (χ2n) is 6.65. The van der Waals surface area contributed by atoms with Crippen molar-refractivity contribution < 1.29 is 4.79 Å². The Balaban J connectivity index is 1.76. The summed E-state index contributed by atoms with van der Waals surface area (Å²) in [6.45, 7) is 8.51. The molecule has 2 heterocycles. The smallest absolute Gasteiger partial charge is 0.234 e. The molecule has 1 N–H and O–H groups in total. The molecule has 3 rings (SSSR count). The van der Waals surface area contributed by atoms with Crippen molar-refractivity contribution in [2.45, 2.75) is 45.3 Å². The molecule has 0 unspecified atom stereocenters. The Labute approximate surface area is 178 Å². The number of aromatic nitrogens is 3. The van der Waals surface area contributed by atoms with E-state index in [1.807, 2.05) is 0 Å². The molecular weight excluding hydrogens is 412 g/mol. The second kappa shape index (κ2) is 9.11. The number of hydrogen-bond acceptors (Lipinski definition) is 5. The lowest BCUT2D eigenvalue weighted by Gasteiger charge is -2.14. The number of thioether (sulfide) groups is 1. The summed E-state index contributed by atoms with van der Waals surface area (Å²) in [5.41, 5.74) is 3.18. The number of rotatable bonds is 7. The Morgan fingerprint density at radius 3 is 2.64 bits per heavy atom. The third-order valence-electron chi connectivity index (χ3n) is 4.34. The first-order valence-corrected chi connectivity index (χ1v) is 11.4. The van der Waals surface area contributed by atoms with Gasteiger partial charge in [-0.2, -0.15) is 0 Å². The first-order chi connectivity index (χ1) is 13.4. The van der Waals surface area contributed by atoms with Crippen molar-refractivity contribution in [2.75, 3.05) is 11.1 Å². The average Bonchev–Trinajstić information content (AvgIpc) is 3.24. The molecule has 0 saturated carbocycles. The minimum Gasteiger partial charge on any atom is -0.325 e. The Morgan fingerprint density at radius 1 is 1.29 bits per heavy atom. The number of nitrogens with one attached hydrogen (secondary N) is 1. The molecule has 0 spiro atoms. The third-order valence-corrected chi connectivity index (χ3v) is 6.49. The Bertz CT molecular complexity index is 963.